The number of hydrogen-bond donors (Lipinski definition) is 1. The molecular formula is C27H39NO4. The van der Waals surface area contributed by atoms with Gasteiger partial charge in [-0.3, -0.25) is 9.59 Å². The van der Waals surface area contributed by atoms with Crippen LogP contribution in [0.25, 0.3) is 0 Å². The summed E-state index contributed by atoms with van der Waals surface area (Å²) in [5, 5.41) is 2.99. The lowest BCUT2D eigenvalue weighted by Crippen LogP contribution is -2.47. The van der Waals surface area contributed by atoms with Crippen LogP contribution in [-0.2, 0) is 14.3 Å². The number of benzene rings is 1. The summed E-state index contributed by atoms with van der Waals surface area (Å²) < 4.78 is 5.37. The monoisotopic (exact) mass is 441 g/mol. The normalized spacial score (nSPS) is 18.0. The van der Waals surface area contributed by atoms with Crippen LogP contribution in [0.1, 0.15) is 95.3 Å². The van der Waals surface area contributed by atoms with Gasteiger partial charge in [0.05, 0.1) is 12.2 Å². The molecule has 5 nitrogen and oxygen atoms in total. The van der Waals surface area contributed by atoms with Crippen LogP contribution in [0.4, 0.5) is 5.69 Å². The molecule has 0 heterocycles. The van der Waals surface area contributed by atoms with Crippen LogP contribution in [0.3, 0.4) is 0 Å². The highest BCUT2D eigenvalue weighted by Gasteiger charge is 2.42. The minimum absolute atomic E-state index is 0.142. The van der Waals surface area contributed by atoms with Crippen molar-refractivity contribution < 1.29 is 19.1 Å². The van der Waals surface area contributed by atoms with Crippen molar-refractivity contribution in [3.63, 3.8) is 0 Å². The van der Waals surface area contributed by atoms with Crippen molar-refractivity contribution in [1.29, 1.82) is 0 Å². The maximum atomic E-state index is 12.5. The minimum atomic E-state index is -0.917. The molecule has 1 atom stereocenters. The van der Waals surface area contributed by atoms with E-state index in [1.54, 1.807) is 24.3 Å². The van der Waals surface area contributed by atoms with Gasteiger partial charge in [0.2, 0.25) is 0 Å². The molecular weight excluding hydrogens is 402 g/mol. The Hall–Kier alpha value is -2.43. The van der Waals surface area contributed by atoms with Gasteiger partial charge in [-0.1, -0.05) is 78.7 Å². The fraction of sp³-hybridized carbons (Fsp3) is 0.593. The summed E-state index contributed by atoms with van der Waals surface area (Å²) in [4.78, 5) is 37.2. The molecule has 0 aliphatic heterocycles. The van der Waals surface area contributed by atoms with Crippen molar-refractivity contribution in [2.45, 2.75) is 91.0 Å². The predicted molar refractivity (Wildman–Crippen MR) is 129 cm³/mol. The highest BCUT2D eigenvalue weighted by atomic mass is 16.5. The highest BCUT2D eigenvalue weighted by molar-refractivity contribution is 6.18. The third-order valence-electron chi connectivity index (χ3n) is 6.23. The van der Waals surface area contributed by atoms with Gasteiger partial charge in [0.15, 0.2) is 11.6 Å². The Labute approximate surface area is 193 Å². The summed E-state index contributed by atoms with van der Waals surface area (Å²) >= 11 is 0. The predicted octanol–water partition coefficient (Wildman–Crippen LogP) is 6.28. The number of rotatable bonds is 13. The molecule has 32 heavy (non-hydrogen) atoms. The number of carbonyl (C=O) groups is 3. The molecule has 0 spiro atoms. The molecule has 1 saturated carbocycles. The molecule has 1 N–H and O–H groups in total. The van der Waals surface area contributed by atoms with E-state index < -0.39 is 11.5 Å². The molecule has 1 aromatic carbocycles. The van der Waals surface area contributed by atoms with Crippen molar-refractivity contribution in [2.24, 2.45) is 5.41 Å². The first-order chi connectivity index (χ1) is 15.3. The second kappa shape index (κ2) is 12.6. The second-order valence-electron chi connectivity index (χ2n) is 9.49. The highest BCUT2D eigenvalue weighted by Crippen LogP contribution is 2.36. The zero-order chi connectivity index (χ0) is 23.6. The average Bonchev–Trinajstić information content (AvgIpc) is 2.76. The topological polar surface area (TPSA) is 72.5 Å². The maximum Gasteiger partial charge on any atom is 0.338 e. The number of Topliss-reactive ketones (excluding diaryl/α,β-unsaturated/α-hetero) is 2. The van der Waals surface area contributed by atoms with Crippen LogP contribution >= 0.6 is 0 Å². The number of unbranched alkanes of at least 4 members (excludes halogenated alkanes) is 8. The molecule has 0 bridgehead atoms. The van der Waals surface area contributed by atoms with Gasteiger partial charge in [-0.15, -0.1) is 0 Å². The van der Waals surface area contributed by atoms with Crippen molar-refractivity contribution in [1.82, 2.24) is 0 Å². The van der Waals surface area contributed by atoms with Gasteiger partial charge in [-0.05, 0) is 41.7 Å². The smallest absolute Gasteiger partial charge is 0.338 e. The van der Waals surface area contributed by atoms with Gasteiger partial charge >= 0.3 is 5.97 Å². The fourth-order valence-electron chi connectivity index (χ4n) is 3.97. The van der Waals surface area contributed by atoms with Crippen molar-refractivity contribution in [3.8, 4) is 0 Å². The Morgan fingerprint density at radius 2 is 1.56 bits per heavy atom. The van der Waals surface area contributed by atoms with Crippen LogP contribution in [0.2, 0.25) is 0 Å². The van der Waals surface area contributed by atoms with E-state index in [1.807, 2.05) is 13.8 Å². The van der Waals surface area contributed by atoms with E-state index in [9.17, 15) is 14.4 Å². The van der Waals surface area contributed by atoms with Gasteiger partial charge < -0.3 is 10.1 Å². The lowest BCUT2D eigenvalue weighted by atomic mass is 9.71. The van der Waals surface area contributed by atoms with E-state index in [0.29, 0.717) is 23.4 Å². The van der Waals surface area contributed by atoms with Crippen LogP contribution < -0.4 is 5.32 Å². The summed E-state index contributed by atoms with van der Waals surface area (Å²) in [6.45, 7) is 10.2. The molecule has 0 amide bonds. The zero-order valence-corrected chi connectivity index (χ0v) is 20.0. The molecule has 1 aliphatic carbocycles. The number of hydrogen-bond acceptors (Lipinski definition) is 5. The Morgan fingerprint density at radius 3 is 2.16 bits per heavy atom. The number of nitrogens with one attached hydrogen (secondary N) is 1. The maximum absolute atomic E-state index is 12.5. The summed E-state index contributed by atoms with van der Waals surface area (Å²) in [5.74, 6) is -0.761. The minimum Gasteiger partial charge on any atom is -0.462 e. The molecule has 1 aromatic rings. The Kier molecular flexibility index (Phi) is 10.1. The first-order valence-corrected chi connectivity index (χ1v) is 12.1. The largest absolute Gasteiger partial charge is 0.462 e. The number of esters is 1. The quantitative estimate of drug-likeness (QED) is 0.169. The molecule has 1 aliphatic rings. The van der Waals surface area contributed by atoms with E-state index in [0.717, 1.165) is 12.8 Å². The third kappa shape index (κ3) is 7.61. The molecule has 0 aromatic heterocycles. The number of carbonyl (C=O) groups excluding carboxylic acids is 3. The number of ketones is 2. The summed E-state index contributed by atoms with van der Waals surface area (Å²) in [6.07, 6.45) is 11.2. The number of anilines is 1. The second-order valence-corrected chi connectivity index (χ2v) is 9.49. The van der Waals surface area contributed by atoms with Crippen LogP contribution in [0, 0.1) is 5.41 Å². The third-order valence-corrected chi connectivity index (χ3v) is 6.23. The van der Waals surface area contributed by atoms with E-state index in [1.165, 1.54) is 44.9 Å². The van der Waals surface area contributed by atoms with Crippen molar-refractivity contribution in [2.75, 3.05) is 11.9 Å². The van der Waals surface area contributed by atoms with Gasteiger partial charge in [0, 0.05) is 12.1 Å². The molecule has 0 radical (unpaired) electrons. The zero-order valence-electron chi connectivity index (χ0n) is 20.0. The van der Waals surface area contributed by atoms with Crippen LogP contribution in [0.5, 0.6) is 0 Å². The van der Waals surface area contributed by atoms with E-state index in [-0.39, 0.29) is 24.0 Å². The number of ether oxygens (including phenoxy) is 1. The fourth-order valence-corrected chi connectivity index (χ4v) is 3.97. The SMILES string of the molecule is C=C1C(=O)C(Nc2ccc(C(=O)OCCCCCCCCCCC)cc2)C(=O)CC1(C)C. The summed E-state index contributed by atoms with van der Waals surface area (Å²) in [5.41, 5.74) is 1.03. The lowest BCUT2D eigenvalue weighted by Gasteiger charge is -2.34. The standard InChI is InChI=1S/C27H39NO4/c1-5-6-7-8-9-10-11-12-13-18-32-26(31)21-14-16-22(17-15-21)28-24-23(29)19-27(3,4)20(2)25(24)30/h14-17,24,28H,2,5-13,18-19H2,1,3-4H3. The average molecular weight is 442 g/mol. The van der Waals surface area contributed by atoms with Crippen LogP contribution in [-0.4, -0.2) is 30.2 Å². The molecule has 0 saturated heterocycles. The first kappa shape index (κ1) is 25.8. The van der Waals surface area contributed by atoms with Gasteiger partial charge in [-0.2, -0.15) is 0 Å². The molecule has 5 heteroatoms. The summed E-state index contributed by atoms with van der Waals surface area (Å²) in [6, 6.07) is 5.77. The Morgan fingerprint density at radius 1 is 1.00 bits per heavy atom. The molecule has 176 valence electrons. The molecule has 2 rings (SSSR count). The lowest BCUT2D eigenvalue weighted by molar-refractivity contribution is -0.130. The Bertz CT molecular complexity index is 794. The van der Waals surface area contributed by atoms with Crippen molar-refractivity contribution in [3.05, 3.63) is 42.0 Å². The van der Waals surface area contributed by atoms with Gasteiger partial charge in [0.1, 0.15) is 6.04 Å². The van der Waals surface area contributed by atoms with E-state index >= 15 is 0 Å². The van der Waals surface area contributed by atoms with Crippen LogP contribution in [0.15, 0.2) is 36.4 Å². The molecule has 1 fully saturated rings. The van der Waals surface area contributed by atoms with E-state index in [4.69, 9.17) is 4.74 Å². The van der Waals surface area contributed by atoms with Gasteiger partial charge in [0.25, 0.3) is 0 Å². The van der Waals surface area contributed by atoms with Gasteiger partial charge in [-0.25, -0.2) is 4.79 Å². The Balaban J connectivity index is 1.71. The van der Waals surface area contributed by atoms with Crippen molar-refractivity contribution >= 4 is 23.2 Å². The summed E-state index contributed by atoms with van der Waals surface area (Å²) in [7, 11) is 0. The first-order valence-electron chi connectivity index (χ1n) is 12.1. The van der Waals surface area contributed by atoms with E-state index in [2.05, 4.69) is 18.8 Å². The molecule has 1 unspecified atom stereocenters.